The molecule has 0 bridgehead atoms. The number of hydrogen-bond acceptors (Lipinski definition) is 3. The highest BCUT2D eigenvalue weighted by atomic mass is 16.4. The summed E-state index contributed by atoms with van der Waals surface area (Å²) in [6.45, 7) is 0. The molecular formula is C9H6N2O4. The monoisotopic (exact) mass is 206 g/mol. The fourth-order valence-corrected chi connectivity index (χ4v) is 1.30. The van der Waals surface area contributed by atoms with Crippen LogP contribution in [0, 0.1) is 0 Å². The molecule has 0 aliphatic rings. The second-order valence-electron chi connectivity index (χ2n) is 2.97. The summed E-state index contributed by atoms with van der Waals surface area (Å²) in [6, 6.07) is 4.15. The van der Waals surface area contributed by atoms with Gasteiger partial charge >= 0.3 is 11.7 Å². The summed E-state index contributed by atoms with van der Waals surface area (Å²) in [5.74, 6) is -2.52. The lowest BCUT2D eigenvalue weighted by Gasteiger charge is -1.95. The Bertz CT molecular complexity index is 608. The average molecular weight is 206 g/mol. The predicted octanol–water partition coefficient (Wildman–Crippen LogP) is 0.124. The van der Waals surface area contributed by atoms with Gasteiger partial charge in [0.2, 0.25) is 0 Å². The number of Topliss-reactive ketones (excluding diaryl/α,β-unsaturated/α-hetero) is 1. The molecule has 0 atom stereocenters. The molecule has 6 heteroatoms. The Labute approximate surface area is 82.6 Å². The summed E-state index contributed by atoms with van der Waals surface area (Å²) >= 11 is 0. The van der Waals surface area contributed by atoms with Gasteiger partial charge in [0.15, 0.2) is 0 Å². The first-order valence-electron chi connectivity index (χ1n) is 4.07. The highest BCUT2D eigenvalue weighted by Gasteiger charge is 2.14. The number of aromatic amines is 2. The summed E-state index contributed by atoms with van der Waals surface area (Å²) < 4.78 is 0. The largest absolute Gasteiger partial charge is 0.475 e. The molecule has 76 valence electrons. The van der Waals surface area contributed by atoms with Crippen LogP contribution < -0.4 is 5.69 Å². The van der Waals surface area contributed by atoms with Crippen LogP contribution in [0.3, 0.4) is 0 Å². The maximum atomic E-state index is 11.1. The van der Waals surface area contributed by atoms with Crippen molar-refractivity contribution < 1.29 is 14.7 Å². The zero-order valence-electron chi connectivity index (χ0n) is 7.40. The van der Waals surface area contributed by atoms with Crippen LogP contribution in [0.4, 0.5) is 0 Å². The van der Waals surface area contributed by atoms with Crippen molar-refractivity contribution >= 4 is 22.8 Å². The van der Waals surface area contributed by atoms with Crippen molar-refractivity contribution in [2.45, 2.75) is 0 Å². The van der Waals surface area contributed by atoms with Crippen LogP contribution in [-0.4, -0.2) is 26.8 Å². The van der Waals surface area contributed by atoms with Crippen LogP contribution in [0.1, 0.15) is 10.4 Å². The van der Waals surface area contributed by atoms with E-state index in [1.165, 1.54) is 18.2 Å². The third-order valence-corrected chi connectivity index (χ3v) is 1.97. The minimum Gasteiger partial charge on any atom is -0.475 e. The number of carbonyl (C=O) groups is 2. The number of H-pyrrole nitrogens is 2. The maximum Gasteiger partial charge on any atom is 0.377 e. The van der Waals surface area contributed by atoms with Gasteiger partial charge in [-0.05, 0) is 18.2 Å². The topological polar surface area (TPSA) is 103 Å². The molecule has 2 rings (SSSR count). The van der Waals surface area contributed by atoms with Gasteiger partial charge in [0.25, 0.3) is 5.78 Å². The molecule has 0 radical (unpaired) electrons. The van der Waals surface area contributed by atoms with Gasteiger partial charge in [-0.25, -0.2) is 9.59 Å². The molecule has 0 unspecified atom stereocenters. The van der Waals surface area contributed by atoms with E-state index >= 15 is 0 Å². The summed E-state index contributed by atoms with van der Waals surface area (Å²) in [4.78, 5) is 37.3. The highest BCUT2D eigenvalue weighted by Crippen LogP contribution is 2.10. The van der Waals surface area contributed by atoms with Crippen LogP contribution in [0.2, 0.25) is 0 Å². The molecule has 15 heavy (non-hydrogen) atoms. The number of imidazole rings is 1. The number of aliphatic carboxylic acids is 1. The number of ketones is 1. The van der Waals surface area contributed by atoms with Crippen LogP contribution >= 0.6 is 0 Å². The third-order valence-electron chi connectivity index (χ3n) is 1.97. The summed E-state index contributed by atoms with van der Waals surface area (Å²) in [5.41, 5.74) is 0.573. The number of fused-ring (bicyclic) bond motifs is 1. The molecule has 0 saturated heterocycles. The lowest BCUT2D eigenvalue weighted by atomic mass is 10.1. The number of carboxylic acids is 1. The molecule has 0 saturated carbocycles. The molecule has 0 aliphatic carbocycles. The summed E-state index contributed by atoms with van der Waals surface area (Å²) in [6.07, 6.45) is 0. The zero-order chi connectivity index (χ0) is 11.0. The van der Waals surface area contributed by atoms with E-state index in [9.17, 15) is 14.4 Å². The maximum absolute atomic E-state index is 11.1. The van der Waals surface area contributed by atoms with E-state index in [-0.39, 0.29) is 5.56 Å². The lowest BCUT2D eigenvalue weighted by Crippen LogP contribution is -2.12. The van der Waals surface area contributed by atoms with Crippen molar-refractivity contribution in [2.24, 2.45) is 0 Å². The Morgan fingerprint density at radius 2 is 1.80 bits per heavy atom. The molecule has 0 fully saturated rings. The minimum atomic E-state index is -1.52. The smallest absolute Gasteiger partial charge is 0.377 e. The van der Waals surface area contributed by atoms with Gasteiger partial charge in [-0.15, -0.1) is 0 Å². The van der Waals surface area contributed by atoms with E-state index in [2.05, 4.69) is 9.97 Å². The SMILES string of the molecule is O=C(O)C(=O)c1ccc2[nH]c(=O)[nH]c2c1. The lowest BCUT2D eigenvalue weighted by molar-refractivity contribution is -0.131. The molecular weight excluding hydrogens is 200 g/mol. The third kappa shape index (κ3) is 1.52. The van der Waals surface area contributed by atoms with Crippen LogP contribution in [0.25, 0.3) is 11.0 Å². The normalized spacial score (nSPS) is 10.4. The van der Waals surface area contributed by atoms with Gasteiger partial charge in [0.05, 0.1) is 11.0 Å². The van der Waals surface area contributed by atoms with E-state index < -0.39 is 17.4 Å². The van der Waals surface area contributed by atoms with Crippen LogP contribution in [-0.2, 0) is 4.79 Å². The Morgan fingerprint density at radius 1 is 1.13 bits per heavy atom. The van der Waals surface area contributed by atoms with Gasteiger partial charge in [-0.1, -0.05) is 0 Å². The minimum absolute atomic E-state index is 0.0326. The van der Waals surface area contributed by atoms with Crippen molar-refractivity contribution in [1.82, 2.24) is 9.97 Å². The highest BCUT2D eigenvalue weighted by molar-refractivity contribution is 6.40. The summed E-state index contributed by atoms with van der Waals surface area (Å²) in [7, 11) is 0. The molecule has 6 nitrogen and oxygen atoms in total. The van der Waals surface area contributed by atoms with Gasteiger partial charge in [-0.3, -0.25) is 4.79 Å². The number of nitrogens with one attached hydrogen (secondary N) is 2. The molecule has 0 spiro atoms. The molecule has 3 N–H and O–H groups in total. The van der Waals surface area contributed by atoms with Gasteiger partial charge < -0.3 is 15.1 Å². The Hall–Kier alpha value is -2.37. The molecule has 0 amide bonds. The Morgan fingerprint density at radius 3 is 2.47 bits per heavy atom. The first kappa shape index (κ1) is 9.20. The molecule has 0 aliphatic heterocycles. The predicted molar refractivity (Wildman–Crippen MR) is 50.9 cm³/mol. The standard InChI is InChI=1S/C9H6N2O4/c12-7(8(13)14)4-1-2-5-6(3-4)11-9(15)10-5/h1-3H,(H,13,14)(H2,10,11,15). The van der Waals surface area contributed by atoms with Crippen LogP contribution in [0.5, 0.6) is 0 Å². The van der Waals surface area contributed by atoms with Gasteiger partial charge in [0.1, 0.15) is 0 Å². The first-order valence-corrected chi connectivity index (χ1v) is 4.07. The van der Waals surface area contributed by atoms with Crippen molar-refractivity contribution in [3.05, 3.63) is 34.2 Å². The number of carbonyl (C=O) groups excluding carboxylic acids is 1. The van der Waals surface area contributed by atoms with Crippen molar-refractivity contribution in [3.8, 4) is 0 Å². The molecule has 1 aromatic carbocycles. The second-order valence-corrected chi connectivity index (χ2v) is 2.97. The van der Waals surface area contributed by atoms with Crippen molar-refractivity contribution in [3.63, 3.8) is 0 Å². The molecule has 1 aromatic heterocycles. The fourth-order valence-electron chi connectivity index (χ4n) is 1.30. The summed E-state index contributed by atoms with van der Waals surface area (Å²) in [5, 5.41) is 8.48. The van der Waals surface area contributed by atoms with E-state index in [1.54, 1.807) is 0 Å². The zero-order valence-corrected chi connectivity index (χ0v) is 7.40. The number of rotatable bonds is 2. The number of aromatic nitrogens is 2. The second kappa shape index (κ2) is 3.09. The number of carboxylic acid groups (broad SMARTS) is 1. The quantitative estimate of drug-likeness (QED) is 0.479. The molecule has 2 aromatic rings. The van der Waals surface area contributed by atoms with E-state index in [0.29, 0.717) is 11.0 Å². The van der Waals surface area contributed by atoms with E-state index in [1.807, 2.05) is 0 Å². The Kier molecular flexibility index (Phi) is 1.89. The van der Waals surface area contributed by atoms with E-state index in [4.69, 9.17) is 5.11 Å². The van der Waals surface area contributed by atoms with E-state index in [0.717, 1.165) is 0 Å². The molecule has 1 heterocycles. The number of benzene rings is 1. The average Bonchev–Trinajstić information content (AvgIpc) is 2.55. The van der Waals surface area contributed by atoms with Gasteiger partial charge in [0, 0.05) is 5.56 Å². The van der Waals surface area contributed by atoms with Crippen molar-refractivity contribution in [1.29, 1.82) is 0 Å². The fraction of sp³-hybridized carbons (Fsp3) is 0. The Balaban J connectivity index is 2.60. The number of hydrogen-bond donors (Lipinski definition) is 3. The van der Waals surface area contributed by atoms with Gasteiger partial charge in [-0.2, -0.15) is 0 Å². The first-order chi connectivity index (χ1) is 7.08. The van der Waals surface area contributed by atoms with Crippen molar-refractivity contribution in [2.75, 3.05) is 0 Å². The van der Waals surface area contributed by atoms with Crippen LogP contribution in [0.15, 0.2) is 23.0 Å².